The standard InChI is InChI=1S/C11H11N3O/c12-11-9(6-13-14-11)7-1-2-10-8(5-7)3-4-15-10/h1-2,5-6H,3-4H2,(H3,12,13,14). The molecule has 4 heteroatoms. The van der Waals surface area contributed by atoms with E-state index in [1.807, 2.05) is 12.1 Å². The van der Waals surface area contributed by atoms with Crippen LogP contribution in [0.5, 0.6) is 5.75 Å². The molecular weight excluding hydrogens is 190 g/mol. The van der Waals surface area contributed by atoms with Crippen LogP contribution in [0.1, 0.15) is 5.56 Å². The monoisotopic (exact) mass is 201 g/mol. The lowest BCUT2D eigenvalue weighted by molar-refractivity contribution is 0.357. The number of hydrogen-bond acceptors (Lipinski definition) is 3. The minimum absolute atomic E-state index is 0.605. The van der Waals surface area contributed by atoms with Crippen LogP contribution in [0.3, 0.4) is 0 Å². The molecular formula is C11H11N3O. The maximum absolute atomic E-state index is 5.77. The minimum Gasteiger partial charge on any atom is -0.493 e. The molecule has 2 heterocycles. The van der Waals surface area contributed by atoms with Crippen LogP contribution in [0.15, 0.2) is 24.4 Å². The first-order valence-corrected chi connectivity index (χ1v) is 4.89. The van der Waals surface area contributed by atoms with Crippen molar-refractivity contribution in [1.82, 2.24) is 10.2 Å². The summed E-state index contributed by atoms with van der Waals surface area (Å²) in [4.78, 5) is 0. The Morgan fingerprint density at radius 1 is 1.40 bits per heavy atom. The molecule has 0 spiro atoms. The van der Waals surface area contributed by atoms with Crippen molar-refractivity contribution in [1.29, 1.82) is 0 Å². The van der Waals surface area contributed by atoms with Crippen molar-refractivity contribution in [2.45, 2.75) is 6.42 Å². The van der Waals surface area contributed by atoms with E-state index < -0.39 is 0 Å². The van der Waals surface area contributed by atoms with Gasteiger partial charge in [-0.3, -0.25) is 5.10 Å². The molecule has 3 N–H and O–H groups in total. The predicted octanol–water partition coefficient (Wildman–Crippen LogP) is 1.59. The number of ether oxygens (including phenoxy) is 1. The van der Waals surface area contributed by atoms with Gasteiger partial charge in [-0.25, -0.2) is 0 Å². The molecule has 3 rings (SSSR count). The normalized spacial score (nSPS) is 13.6. The van der Waals surface area contributed by atoms with Crippen molar-refractivity contribution >= 4 is 5.82 Å². The molecule has 0 unspecified atom stereocenters. The van der Waals surface area contributed by atoms with Gasteiger partial charge in [0.15, 0.2) is 0 Å². The summed E-state index contributed by atoms with van der Waals surface area (Å²) >= 11 is 0. The third-order valence-corrected chi connectivity index (χ3v) is 2.67. The second-order valence-corrected chi connectivity index (χ2v) is 3.62. The highest BCUT2D eigenvalue weighted by molar-refractivity contribution is 5.74. The van der Waals surface area contributed by atoms with E-state index in [1.165, 1.54) is 5.56 Å². The summed E-state index contributed by atoms with van der Waals surface area (Å²) in [6.45, 7) is 0.777. The van der Waals surface area contributed by atoms with Gasteiger partial charge in [0.05, 0.1) is 12.8 Å². The maximum Gasteiger partial charge on any atom is 0.126 e. The fourth-order valence-electron chi connectivity index (χ4n) is 1.88. The highest BCUT2D eigenvalue weighted by Gasteiger charge is 2.13. The Labute approximate surface area is 87.1 Å². The van der Waals surface area contributed by atoms with E-state index in [2.05, 4.69) is 16.3 Å². The molecule has 2 aromatic rings. The number of aromatic amines is 1. The zero-order valence-electron chi connectivity index (χ0n) is 8.16. The van der Waals surface area contributed by atoms with Gasteiger partial charge in [-0.15, -0.1) is 0 Å². The number of hydrogen-bond donors (Lipinski definition) is 2. The van der Waals surface area contributed by atoms with E-state index in [0.29, 0.717) is 5.82 Å². The van der Waals surface area contributed by atoms with E-state index in [4.69, 9.17) is 10.5 Å². The Morgan fingerprint density at radius 2 is 2.33 bits per heavy atom. The quantitative estimate of drug-likeness (QED) is 0.736. The number of nitrogens with one attached hydrogen (secondary N) is 1. The maximum atomic E-state index is 5.77. The van der Waals surface area contributed by atoms with Crippen molar-refractivity contribution < 1.29 is 4.74 Å². The van der Waals surface area contributed by atoms with E-state index in [1.54, 1.807) is 6.20 Å². The van der Waals surface area contributed by atoms with E-state index in [0.717, 1.165) is 29.9 Å². The number of rotatable bonds is 1. The molecule has 0 bridgehead atoms. The number of anilines is 1. The molecule has 0 saturated heterocycles. The number of benzene rings is 1. The van der Waals surface area contributed by atoms with Gasteiger partial charge >= 0.3 is 0 Å². The summed E-state index contributed by atoms with van der Waals surface area (Å²) < 4.78 is 5.45. The molecule has 0 radical (unpaired) electrons. The molecule has 0 amide bonds. The van der Waals surface area contributed by atoms with Gasteiger partial charge in [0.2, 0.25) is 0 Å². The molecule has 0 atom stereocenters. The van der Waals surface area contributed by atoms with Crippen LogP contribution in [0.2, 0.25) is 0 Å². The topological polar surface area (TPSA) is 63.9 Å². The lowest BCUT2D eigenvalue weighted by atomic mass is 10.0. The predicted molar refractivity (Wildman–Crippen MR) is 57.6 cm³/mol. The van der Waals surface area contributed by atoms with Gasteiger partial charge < -0.3 is 10.5 Å². The molecule has 0 saturated carbocycles. The largest absolute Gasteiger partial charge is 0.493 e. The number of fused-ring (bicyclic) bond motifs is 1. The van der Waals surface area contributed by atoms with E-state index in [-0.39, 0.29) is 0 Å². The smallest absolute Gasteiger partial charge is 0.126 e. The van der Waals surface area contributed by atoms with Gasteiger partial charge in [-0.05, 0) is 23.3 Å². The first-order valence-electron chi connectivity index (χ1n) is 4.89. The Kier molecular flexibility index (Phi) is 1.68. The molecule has 0 fully saturated rings. The molecule has 4 nitrogen and oxygen atoms in total. The van der Waals surface area contributed by atoms with Crippen molar-refractivity contribution in [3.05, 3.63) is 30.0 Å². The SMILES string of the molecule is Nc1[nH]ncc1-c1ccc2c(c1)CCO2. The molecule has 1 aromatic carbocycles. The zero-order valence-corrected chi connectivity index (χ0v) is 8.16. The molecule has 0 aliphatic carbocycles. The molecule has 15 heavy (non-hydrogen) atoms. The Balaban J connectivity index is 2.11. The first kappa shape index (κ1) is 8.35. The van der Waals surface area contributed by atoms with Crippen molar-refractivity contribution in [3.8, 4) is 16.9 Å². The number of nitrogens with two attached hydrogens (primary N) is 1. The molecule has 1 aliphatic heterocycles. The van der Waals surface area contributed by atoms with Gasteiger partial charge in [0.25, 0.3) is 0 Å². The first-order chi connectivity index (χ1) is 7.34. The van der Waals surface area contributed by atoms with Crippen molar-refractivity contribution in [2.75, 3.05) is 12.3 Å². The summed E-state index contributed by atoms with van der Waals surface area (Å²) in [5.41, 5.74) is 9.05. The van der Waals surface area contributed by atoms with Gasteiger partial charge in [-0.2, -0.15) is 5.10 Å². The van der Waals surface area contributed by atoms with Crippen molar-refractivity contribution in [2.24, 2.45) is 0 Å². The van der Waals surface area contributed by atoms with Crippen LogP contribution in [-0.2, 0) is 6.42 Å². The van der Waals surface area contributed by atoms with Crippen LogP contribution >= 0.6 is 0 Å². The Hall–Kier alpha value is -1.97. The van der Waals surface area contributed by atoms with Crippen molar-refractivity contribution in [3.63, 3.8) is 0 Å². The molecule has 1 aromatic heterocycles. The van der Waals surface area contributed by atoms with Crippen LogP contribution in [0.25, 0.3) is 11.1 Å². The Bertz CT molecular complexity index is 504. The number of aromatic nitrogens is 2. The third kappa shape index (κ3) is 1.26. The number of nitrogen functional groups attached to an aromatic ring is 1. The lowest BCUT2D eigenvalue weighted by Gasteiger charge is -2.02. The van der Waals surface area contributed by atoms with Crippen LogP contribution < -0.4 is 10.5 Å². The molecule has 1 aliphatic rings. The summed E-state index contributed by atoms with van der Waals surface area (Å²) in [6.07, 6.45) is 2.72. The Morgan fingerprint density at radius 3 is 3.13 bits per heavy atom. The summed E-state index contributed by atoms with van der Waals surface area (Å²) in [7, 11) is 0. The molecule has 76 valence electrons. The number of H-pyrrole nitrogens is 1. The van der Waals surface area contributed by atoms with Crippen LogP contribution in [0.4, 0.5) is 5.82 Å². The number of nitrogens with zero attached hydrogens (tertiary/aromatic N) is 1. The van der Waals surface area contributed by atoms with Crippen LogP contribution in [-0.4, -0.2) is 16.8 Å². The van der Waals surface area contributed by atoms with Crippen LogP contribution in [0, 0.1) is 0 Å². The second kappa shape index (κ2) is 3.02. The summed E-state index contributed by atoms with van der Waals surface area (Å²) in [5, 5.41) is 6.64. The van der Waals surface area contributed by atoms with Gasteiger partial charge in [0.1, 0.15) is 11.6 Å². The summed E-state index contributed by atoms with van der Waals surface area (Å²) in [5.74, 6) is 1.59. The van der Waals surface area contributed by atoms with Gasteiger partial charge in [0, 0.05) is 12.0 Å². The van der Waals surface area contributed by atoms with E-state index in [9.17, 15) is 0 Å². The average Bonchev–Trinajstić information content (AvgIpc) is 2.84. The van der Waals surface area contributed by atoms with Gasteiger partial charge in [-0.1, -0.05) is 6.07 Å². The fraction of sp³-hybridized carbons (Fsp3) is 0.182. The average molecular weight is 201 g/mol. The fourth-order valence-corrected chi connectivity index (χ4v) is 1.88. The second-order valence-electron chi connectivity index (χ2n) is 3.62. The zero-order chi connectivity index (χ0) is 10.3. The van der Waals surface area contributed by atoms with E-state index >= 15 is 0 Å². The summed E-state index contributed by atoms with van der Waals surface area (Å²) in [6, 6.07) is 6.11. The lowest BCUT2D eigenvalue weighted by Crippen LogP contribution is -1.88. The minimum atomic E-state index is 0.605. The highest BCUT2D eigenvalue weighted by Crippen LogP contribution is 2.31. The third-order valence-electron chi connectivity index (χ3n) is 2.67. The highest BCUT2D eigenvalue weighted by atomic mass is 16.5.